The quantitative estimate of drug-likeness (QED) is 0.312. The number of fused-ring (bicyclic) bond motifs is 1. The summed E-state index contributed by atoms with van der Waals surface area (Å²) in [6.07, 6.45) is 4.71. The molecule has 176 valence electrons. The smallest absolute Gasteiger partial charge is 0.345 e. The molecule has 0 spiro atoms. The van der Waals surface area contributed by atoms with Gasteiger partial charge in [0.25, 0.3) is 0 Å². The van der Waals surface area contributed by atoms with Crippen molar-refractivity contribution in [3.63, 3.8) is 0 Å². The number of guanidine groups is 1. The summed E-state index contributed by atoms with van der Waals surface area (Å²) in [6.45, 7) is 6.05. The highest BCUT2D eigenvalue weighted by Crippen LogP contribution is 2.20. The normalized spacial score (nSPS) is 13.7. The van der Waals surface area contributed by atoms with E-state index < -0.39 is 0 Å². The molecule has 1 aliphatic rings. The molecule has 0 bridgehead atoms. The van der Waals surface area contributed by atoms with E-state index in [1.807, 2.05) is 4.57 Å². The SMILES string of the molecule is CN=C(NCCCn1nc2n(c1=O)CCCC2)NCc1ccc(C)cc1OCCCOC. The standard InChI is InChI=1S/C23H36N6O3/c1-18-9-10-19(20(16-18)32-15-7-14-31-3)17-26-22(24-2)25-11-6-13-29-23(30)28-12-5-4-8-21(28)27-29/h9-10,16H,4-8,11-15,17H2,1-3H3,(H2,24,25,26). The van der Waals surface area contributed by atoms with Crippen molar-refractivity contribution in [1.29, 1.82) is 0 Å². The zero-order chi connectivity index (χ0) is 22.8. The number of rotatable bonds is 11. The molecule has 9 heteroatoms. The van der Waals surface area contributed by atoms with Gasteiger partial charge in [0.05, 0.1) is 6.61 Å². The predicted molar refractivity (Wildman–Crippen MR) is 125 cm³/mol. The molecule has 0 aliphatic carbocycles. The first-order valence-electron chi connectivity index (χ1n) is 11.4. The average molecular weight is 445 g/mol. The summed E-state index contributed by atoms with van der Waals surface area (Å²) in [6, 6.07) is 6.22. The Labute approximate surface area is 189 Å². The molecule has 0 radical (unpaired) electrons. The lowest BCUT2D eigenvalue weighted by molar-refractivity contribution is 0.171. The lowest BCUT2D eigenvalue weighted by Gasteiger charge is -2.15. The molecule has 1 aromatic heterocycles. The van der Waals surface area contributed by atoms with Gasteiger partial charge in [-0.15, -0.1) is 0 Å². The third-order valence-corrected chi connectivity index (χ3v) is 5.51. The van der Waals surface area contributed by atoms with Crippen LogP contribution in [0.3, 0.4) is 0 Å². The van der Waals surface area contributed by atoms with Gasteiger partial charge in [-0.25, -0.2) is 9.48 Å². The molecule has 9 nitrogen and oxygen atoms in total. The Kier molecular flexibility index (Phi) is 9.15. The summed E-state index contributed by atoms with van der Waals surface area (Å²) in [5.41, 5.74) is 2.25. The molecule has 0 saturated heterocycles. The van der Waals surface area contributed by atoms with Gasteiger partial charge in [-0.2, -0.15) is 5.10 Å². The zero-order valence-electron chi connectivity index (χ0n) is 19.5. The summed E-state index contributed by atoms with van der Waals surface area (Å²) in [5.74, 6) is 2.52. The number of hydrogen-bond donors (Lipinski definition) is 2. The fourth-order valence-electron chi connectivity index (χ4n) is 3.76. The van der Waals surface area contributed by atoms with Gasteiger partial charge in [0.15, 0.2) is 5.96 Å². The van der Waals surface area contributed by atoms with Crippen LogP contribution in [0.2, 0.25) is 0 Å². The fourth-order valence-corrected chi connectivity index (χ4v) is 3.76. The van der Waals surface area contributed by atoms with Crippen LogP contribution < -0.4 is 21.1 Å². The third kappa shape index (κ3) is 6.59. The van der Waals surface area contributed by atoms with Gasteiger partial charge in [-0.3, -0.25) is 9.56 Å². The molecule has 32 heavy (non-hydrogen) atoms. The number of ether oxygens (including phenoxy) is 2. The molecule has 2 N–H and O–H groups in total. The maximum absolute atomic E-state index is 12.4. The maximum atomic E-state index is 12.4. The minimum atomic E-state index is 0.0135. The molecule has 0 amide bonds. The Morgan fingerprint density at radius 1 is 1.22 bits per heavy atom. The molecular weight excluding hydrogens is 408 g/mol. The number of nitrogens with one attached hydrogen (secondary N) is 2. The van der Waals surface area contributed by atoms with E-state index in [-0.39, 0.29) is 5.69 Å². The summed E-state index contributed by atoms with van der Waals surface area (Å²) in [7, 11) is 3.45. The van der Waals surface area contributed by atoms with E-state index in [2.05, 4.69) is 45.8 Å². The number of aryl methyl sites for hydroxylation is 3. The number of hydrogen-bond acceptors (Lipinski definition) is 5. The van der Waals surface area contributed by atoms with E-state index >= 15 is 0 Å². The third-order valence-electron chi connectivity index (χ3n) is 5.51. The van der Waals surface area contributed by atoms with Gasteiger partial charge < -0.3 is 20.1 Å². The topological polar surface area (TPSA) is 94.7 Å². The first kappa shape index (κ1) is 23.8. The van der Waals surface area contributed by atoms with Gasteiger partial charge in [0.2, 0.25) is 0 Å². The Hall–Kier alpha value is -2.81. The molecule has 1 aromatic carbocycles. The van der Waals surface area contributed by atoms with E-state index in [4.69, 9.17) is 9.47 Å². The summed E-state index contributed by atoms with van der Waals surface area (Å²) >= 11 is 0. The number of methoxy groups -OCH3 is 1. The van der Waals surface area contributed by atoms with Gasteiger partial charge in [0.1, 0.15) is 11.6 Å². The van der Waals surface area contributed by atoms with Crippen molar-refractivity contribution in [3.8, 4) is 5.75 Å². The largest absolute Gasteiger partial charge is 0.493 e. The van der Waals surface area contributed by atoms with Crippen LogP contribution in [0, 0.1) is 6.92 Å². The van der Waals surface area contributed by atoms with Crippen molar-refractivity contribution in [2.24, 2.45) is 4.99 Å². The second-order valence-corrected chi connectivity index (χ2v) is 8.04. The van der Waals surface area contributed by atoms with Crippen LogP contribution in [0.5, 0.6) is 5.75 Å². The average Bonchev–Trinajstić information content (AvgIpc) is 3.13. The second-order valence-electron chi connectivity index (χ2n) is 8.04. The monoisotopic (exact) mass is 444 g/mol. The number of aliphatic imine (C=N–C) groups is 1. The lowest BCUT2D eigenvalue weighted by atomic mass is 10.1. The fraction of sp³-hybridized carbons (Fsp3) is 0.609. The highest BCUT2D eigenvalue weighted by atomic mass is 16.5. The van der Waals surface area contributed by atoms with Gasteiger partial charge in [0, 0.05) is 65.3 Å². The first-order valence-corrected chi connectivity index (χ1v) is 11.4. The molecule has 2 aromatic rings. The molecule has 1 aliphatic heterocycles. The first-order chi connectivity index (χ1) is 15.6. The van der Waals surface area contributed by atoms with E-state index in [1.165, 1.54) is 0 Å². The van der Waals surface area contributed by atoms with Crippen LogP contribution in [-0.2, 0) is 30.8 Å². The molecule has 2 heterocycles. The summed E-state index contributed by atoms with van der Waals surface area (Å²) in [5, 5.41) is 11.1. The molecule has 0 saturated carbocycles. The van der Waals surface area contributed by atoms with Crippen molar-refractivity contribution in [2.75, 3.05) is 33.9 Å². The van der Waals surface area contributed by atoms with Gasteiger partial charge in [-0.05, 0) is 37.8 Å². The van der Waals surface area contributed by atoms with E-state index in [0.717, 1.165) is 61.3 Å². The molecule has 3 rings (SSSR count). The number of nitrogens with zero attached hydrogens (tertiary/aromatic N) is 4. The van der Waals surface area contributed by atoms with Crippen LogP contribution in [0.25, 0.3) is 0 Å². The van der Waals surface area contributed by atoms with Crippen molar-refractivity contribution in [2.45, 2.75) is 58.7 Å². The lowest BCUT2D eigenvalue weighted by Crippen LogP contribution is -2.38. The van der Waals surface area contributed by atoms with Crippen LogP contribution in [0.4, 0.5) is 0 Å². The molecular formula is C23H36N6O3. The second kappa shape index (κ2) is 12.3. The zero-order valence-corrected chi connectivity index (χ0v) is 19.5. The van der Waals surface area contributed by atoms with Crippen LogP contribution >= 0.6 is 0 Å². The summed E-state index contributed by atoms with van der Waals surface area (Å²) < 4.78 is 14.5. The van der Waals surface area contributed by atoms with Crippen molar-refractivity contribution < 1.29 is 9.47 Å². The maximum Gasteiger partial charge on any atom is 0.345 e. The Bertz CT molecular complexity index is 950. The Morgan fingerprint density at radius 2 is 2.09 bits per heavy atom. The van der Waals surface area contributed by atoms with Crippen LogP contribution in [0.1, 0.15) is 42.6 Å². The molecule has 0 fully saturated rings. The van der Waals surface area contributed by atoms with Gasteiger partial charge in [-0.1, -0.05) is 12.1 Å². The predicted octanol–water partition coefficient (Wildman–Crippen LogP) is 1.86. The molecule has 0 atom stereocenters. The van der Waals surface area contributed by atoms with E-state index in [0.29, 0.717) is 38.8 Å². The van der Waals surface area contributed by atoms with E-state index in [1.54, 1.807) is 18.8 Å². The minimum absolute atomic E-state index is 0.0135. The van der Waals surface area contributed by atoms with Crippen LogP contribution in [-0.4, -0.2) is 54.2 Å². The minimum Gasteiger partial charge on any atom is -0.493 e. The molecule has 0 unspecified atom stereocenters. The summed E-state index contributed by atoms with van der Waals surface area (Å²) in [4.78, 5) is 16.7. The Balaban J connectivity index is 1.45. The highest BCUT2D eigenvalue weighted by Gasteiger charge is 2.16. The number of aromatic nitrogens is 3. The van der Waals surface area contributed by atoms with Crippen LogP contribution in [0.15, 0.2) is 28.0 Å². The number of benzene rings is 1. The van der Waals surface area contributed by atoms with Gasteiger partial charge >= 0.3 is 5.69 Å². The van der Waals surface area contributed by atoms with Crippen molar-refractivity contribution >= 4 is 5.96 Å². The van der Waals surface area contributed by atoms with Crippen molar-refractivity contribution in [3.05, 3.63) is 45.6 Å². The Morgan fingerprint density at radius 3 is 2.88 bits per heavy atom. The van der Waals surface area contributed by atoms with Crippen molar-refractivity contribution in [1.82, 2.24) is 25.0 Å². The van der Waals surface area contributed by atoms with E-state index in [9.17, 15) is 4.79 Å². The highest BCUT2D eigenvalue weighted by molar-refractivity contribution is 5.79.